The van der Waals surface area contributed by atoms with Crippen molar-refractivity contribution in [1.29, 1.82) is 0 Å². The van der Waals surface area contributed by atoms with E-state index in [2.05, 4.69) is 15.2 Å². The maximum Gasteiger partial charge on any atom is 0.225 e. The molecule has 4 rings (SSSR count). The molecule has 6 nitrogen and oxygen atoms in total. The second kappa shape index (κ2) is 8.23. The molecule has 1 amide bonds. The monoisotopic (exact) mass is 386 g/mol. The number of nitrogens with one attached hydrogen (secondary N) is 1. The molecule has 1 aromatic heterocycles. The van der Waals surface area contributed by atoms with Gasteiger partial charge in [0.15, 0.2) is 0 Å². The molecular formula is C20H23ClN4O2. The molecule has 0 unspecified atom stereocenters. The van der Waals surface area contributed by atoms with Gasteiger partial charge in [0.2, 0.25) is 11.9 Å². The summed E-state index contributed by atoms with van der Waals surface area (Å²) < 4.78 is 5.39. The van der Waals surface area contributed by atoms with Gasteiger partial charge < -0.3 is 15.0 Å². The topological polar surface area (TPSA) is 67.4 Å². The first kappa shape index (κ1) is 18.2. The molecule has 0 saturated carbocycles. The van der Waals surface area contributed by atoms with Crippen LogP contribution in [0.1, 0.15) is 23.2 Å². The molecule has 1 saturated heterocycles. The van der Waals surface area contributed by atoms with Crippen LogP contribution in [0.15, 0.2) is 30.5 Å². The molecule has 7 heteroatoms. The lowest BCUT2D eigenvalue weighted by Crippen LogP contribution is -2.38. The van der Waals surface area contributed by atoms with Gasteiger partial charge >= 0.3 is 0 Å². The van der Waals surface area contributed by atoms with Gasteiger partial charge in [-0.3, -0.25) is 4.79 Å². The summed E-state index contributed by atoms with van der Waals surface area (Å²) in [4.78, 5) is 24.0. The standard InChI is InChI=1S/C20H23ClN4O2/c21-17-3-1-2-14(10-17)12-22-19(26)15-4-5-18-16(11-15)13-23-20(24-18)25-6-8-27-9-7-25/h1-3,10,13,15H,4-9,11-12H2,(H,22,26)/t15-/m0/s1. The van der Waals surface area contributed by atoms with Crippen LogP contribution in [0, 0.1) is 5.92 Å². The number of fused-ring (bicyclic) bond motifs is 1. The number of hydrogen-bond acceptors (Lipinski definition) is 5. The molecule has 1 N–H and O–H groups in total. The third kappa shape index (κ3) is 4.39. The molecule has 0 radical (unpaired) electrons. The summed E-state index contributed by atoms with van der Waals surface area (Å²) in [5.41, 5.74) is 3.16. The fourth-order valence-corrected chi connectivity index (χ4v) is 3.83. The van der Waals surface area contributed by atoms with E-state index in [1.165, 1.54) is 0 Å². The van der Waals surface area contributed by atoms with Crippen LogP contribution in [-0.4, -0.2) is 42.2 Å². The summed E-state index contributed by atoms with van der Waals surface area (Å²) in [6.07, 6.45) is 4.21. The average Bonchev–Trinajstić information content (AvgIpc) is 2.72. The zero-order valence-corrected chi connectivity index (χ0v) is 15.9. The third-order valence-corrected chi connectivity index (χ3v) is 5.39. The Kier molecular flexibility index (Phi) is 5.55. The summed E-state index contributed by atoms with van der Waals surface area (Å²) in [6.45, 7) is 3.58. The Bertz CT molecular complexity index is 823. The van der Waals surface area contributed by atoms with Crippen LogP contribution in [0.25, 0.3) is 0 Å². The molecule has 2 heterocycles. The minimum absolute atomic E-state index is 0.0329. The first-order valence-electron chi connectivity index (χ1n) is 9.38. The molecule has 142 valence electrons. The predicted octanol–water partition coefficient (Wildman–Crippen LogP) is 2.39. The van der Waals surface area contributed by atoms with Crippen LogP contribution < -0.4 is 10.2 Å². The Morgan fingerprint density at radius 2 is 2.19 bits per heavy atom. The van der Waals surface area contributed by atoms with Gasteiger partial charge in [0.05, 0.1) is 13.2 Å². The Morgan fingerprint density at radius 3 is 3.00 bits per heavy atom. The van der Waals surface area contributed by atoms with Gasteiger partial charge in [0, 0.05) is 42.5 Å². The van der Waals surface area contributed by atoms with Crippen LogP contribution >= 0.6 is 11.6 Å². The van der Waals surface area contributed by atoms with E-state index in [9.17, 15) is 4.79 Å². The molecular weight excluding hydrogens is 364 g/mol. The average molecular weight is 387 g/mol. The number of aromatic nitrogens is 2. The van der Waals surface area contributed by atoms with Crippen LogP contribution in [-0.2, 0) is 28.9 Å². The minimum Gasteiger partial charge on any atom is -0.378 e. The highest BCUT2D eigenvalue weighted by atomic mass is 35.5. The van der Waals surface area contributed by atoms with Crippen LogP contribution in [0.5, 0.6) is 0 Å². The lowest BCUT2D eigenvalue weighted by molar-refractivity contribution is -0.125. The fraction of sp³-hybridized carbons (Fsp3) is 0.450. The Morgan fingerprint density at radius 1 is 1.33 bits per heavy atom. The van der Waals surface area contributed by atoms with Crippen molar-refractivity contribution in [2.24, 2.45) is 5.92 Å². The van der Waals surface area contributed by atoms with E-state index >= 15 is 0 Å². The summed E-state index contributed by atoms with van der Waals surface area (Å²) in [5.74, 6) is 0.827. The number of anilines is 1. The number of carbonyl (C=O) groups excluding carboxylic acids is 1. The van der Waals surface area contributed by atoms with Gasteiger partial charge in [-0.1, -0.05) is 23.7 Å². The van der Waals surface area contributed by atoms with Gasteiger partial charge in [0.25, 0.3) is 0 Å². The fourth-order valence-electron chi connectivity index (χ4n) is 3.62. The van der Waals surface area contributed by atoms with Crippen molar-refractivity contribution in [3.63, 3.8) is 0 Å². The maximum atomic E-state index is 12.6. The van der Waals surface area contributed by atoms with Crippen molar-refractivity contribution in [3.8, 4) is 0 Å². The van der Waals surface area contributed by atoms with E-state index in [1.807, 2.05) is 30.5 Å². The summed E-state index contributed by atoms with van der Waals surface area (Å²) in [5, 5.41) is 3.71. The van der Waals surface area contributed by atoms with E-state index in [0.29, 0.717) is 18.0 Å². The number of ether oxygens (including phenoxy) is 1. The van der Waals surface area contributed by atoms with Crippen molar-refractivity contribution in [3.05, 3.63) is 52.3 Å². The lowest BCUT2D eigenvalue weighted by atomic mass is 9.86. The third-order valence-electron chi connectivity index (χ3n) is 5.16. The molecule has 27 heavy (non-hydrogen) atoms. The SMILES string of the molecule is O=C(NCc1cccc(Cl)c1)[C@H]1CCc2nc(N3CCOCC3)ncc2C1. The number of benzene rings is 1. The van der Waals surface area contributed by atoms with Gasteiger partial charge in [-0.15, -0.1) is 0 Å². The van der Waals surface area contributed by atoms with E-state index in [1.54, 1.807) is 0 Å². The van der Waals surface area contributed by atoms with Crippen molar-refractivity contribution in [2.75, 3.05) is 31.2 Å². The molecule has 1 atom stereocenters. The number of carbonyl (C=O) groups is 1. The smallest absolute Gasteiger partial charge is 0.225 e. The summed E-state index contributed by atoms with van der Waals surface area (Å²) in [6, 6.07) is 7.56. The van der Waals surface area contributed by atoms with E-state index in [-0.39, 0.29) is 11.8 Å². The second-order valence-electron chi connectivity index (χ2n) is 7.03. The van der Waals surface area contributed by atoms with Crippen LogP contribution in [0.4, 0.5) is 5.95 Å². The highest BCUT2D eigenvalue weighted by Gasteiger charge is 2.26. The highest BCUT2D eigenvalue weighted by molar-refractivity contribution is 6.30. The first-order chi connectivity index (χ1) is 13.2. The largest absolute Gasteiger partial charge is 0.378 e. The first-order valence-corrected chi connectivity index (χ1v) is 9.76. The van der Waals surface area contributed by atoms with Crippen molar-refractivity contribution >= 4 is 23.5 Å². The number of amides is 1. The zero-order valence-electron chi connectivity index (χ0n) is 15.2. The molecule has 1 aliphatic heterocycles. The molecule has 0 spiro atoms. The number of halogens is 1. The summed E-state index contributed by atoms with van der Waals surface area (Å²) in [7, 11) is 0. The number of aryl methyl sites for hydroxylation is 1. The van der Waals surface area contributed by atoms with Gasteiger partial charge in [-0.05, 0) is 42.5 Å². The van der Waals surface area contributed by atoms with Gasteiger partial charge in [-0.2, -0.15) is 0 Å². The Labute approximate surface area is 163 Å². The summed E-state index contributed by atoms with van der Waals surface area (Å²) >= 11 is 6.00. The van der Waals surface area contributed by atoms with E-state index < -0.39 is 0 Å². The Balaban J connectivity index is 1.37. The lowest BCUT2D eigenvalue weighted by Gasteiger charge is -2.28. The molecule has 1 aliphatic carbocycles. The van der Waals surface area contributed by atoms with Crippen molar-refractivity contribution < 1.29 is 9.53 Å². The minimum atomic E-state index is -0.0329. The van der Waals surface area contributed by atoms with Crippen molar-refractivity contribution in [2.45, 2.75) is 25.8 Å². The molecule has 0 bridgehead atoms. The molecule has 1 aromatic carbocycles. The number of hydrogen-bond donors (Lipinski definition) is 1. The Hall–Kier alpha value is -2.18. The second-order valence-corrected chi connectivity index (χ2v) is 7.47. The molecule has 1 fully saturated rings. The number of rotatable bonds is 4. The highest BCUT2D eigenvalue weighted by Crippen LogP contribution is 2.26. The van der Waals surface area contributed by atoms with Crippen LogP contribution in [0.2, 0.25) is 5.02 Å². The predicted molar refractivity (Wildman–Crippen MR) is 104 cm³/mol. The van der Waals surface area contributed by atoms with E-state index in [0.717, 1.165) is 61.9 Å². The van der Waals surface area contributed by atoms with Gasteiger partial charge in [0.1, 0.15) is 0 Å². The van der Waals surface area contributed by atoms with E-state index in [4.69, 9.17) is 21.3 Å². The normalized spacial score (nSPS) is 19.4. The quantitative estimate of drug-likeness (QED) is 0.873. The van der Waals surface area contributed by atoms with Crippen molar-refractivity contribution in [1.82, 2.24) is 15.3 Å². The number of morpholine rings is 1. The van der Waals surface area contributed by atoms with Gasteiger partial charge in [-0.25, -0.2) is 9.97 Å². The molecule has 2 aromatic rings. The molecule has 2 aliphatic rings. The number of nitrogens with zero attached hydrogens (tertiary/aromatic N) is 3. The maximum absolute atomic E-state index is 12.6. The van der Waals surface area contributed by atoms with Crippen LogP contribution in [0.3, 0.4) is 0 Å². The zero-order chi connectivity index (χ0) is 18.6.